The summed E-state index contributed by atoms with van der Waals surface area (Å²) in [4.78, 5) is 38.9. The van der Waals surface area contributed by atoms with E-state index >= 15 is 0 Å². The molecule has 0 radical (unpaired) electrons. The highest BCUT2D eigenvalue weighted by molar-refractivity contribution is 7.98. The summed E-state index contributed by atoms with van der Waals surface area (Å²) in [6.45, 7) is 1.70. The van der Waals surface area contributed by atoms with Gasteiger partial charge in [-0.2, -0.15) is 0 Å². The number of benzene rings is 1. The highest BCUT2D eigenvalue weighted by Gasteiger charge is 2.21. The zero-order chi connectivity index (χ0) is 18.1. The van der Waals surface area contributed by atoms with E-state index in [0.29, 0.717) is 36.5 Å². The van der Waals surface area contributed by atoms with Crippen LogP contribution in [-0.4, -0.2) is 46.2 Å². The fourth-order valence-electron chi connectivity index (χ4n) is 3.11. The van der Waals surface area contributed by atoms with Gasteiger partial charge in [0.1, 0.15) is 5.69 Å². The maximum absolute atomic E-state index is 12.4. The largest absolute Gasteiger partial charge is 0.350 e. The summed E-state index contributed by atoms with van der Waals surface area (Å²) in [7, 11) is 0. The number of rotatable bonds is 4. The van der Waals surface area contributed by atoms with E-state index in [-0.39, 0.29) is 17.7 Å². The SMILES string of the molecule is O=C(NCCN1CCCC1=O)c1ccc2c(c1)NC(=O)c1cccn1S2. The normalized spacial score (nSPS) is 15.9. The van der Waals surface area contributed by atoms with Crippen molar-refractivity contribution in [3.05, 3.63) is 47.8 Å². The average Bonchev–Trinajstić information content (AvgIpc) is 3.22. The van der Waals surface area contributed by atoms with Crippen LogP contribution in [0.1, 0.15) is 33.7 Å². The molecular weight excluding hydrogens is 352 g/mol. The van der Waals surface area contributed by atoms with Crippen molar-refractivity contribution in [2.24, 2.45) is 0 Å². The number of carbonyl (C=O) groups excluding carboxylic acids is 3. The number of hydrogen-bond donors (Lipinski definition) is 2. The van der Waals surface area contributed by atoms with Crippen LogP contribution in [0.4, 0.5) is 5.69 Å². The minimum atomic E-state index is -0.220. The monoisotopic (exact) mass is 370 g/mol. The lowest BCUT2D eigenvalue weighted by atomic mass is 10.2. The number of fused-ring (bicyclic) bond motifs is 2. The van der Waals surface area contributed by atoms with E-state index in [1.165, 1.54) is 11.9 Å². The van der Waals surface area contributed by atoms with Crippen molar-refractivity contribution in [3.63, 3.8) is 0 Å². The first-order chi connectivity index (χ1) is 12.6. The fourth-order valence-corrected chi connectivity index (χ4v) is 4.03. The molecule has 1 fully saturated rings. The number of aromatic nitrogens is 1. The molecule has 0 saturated carbocycles. The Balaban J connectivity index is 1.43. The Morgan fingerprint density at radius 1 is 1.27 bits per heavy atom. The van der Waals surface area contributed by atoms with Crippen LogP contribution in [0, 0.1) is 0 Å². The van der Waals surface area contributed by atoms with Crippen molar-refractivity contribution >= 4 is 35.4 Å². The molecule has 0 spiro atoms. The number of nitrogens with one attached hydrogen (secondary N) is 2. The van der Waals surface area contributed by atoms with E-state index in [9.17, 15) is 14.4 Å². The van der Waals surface area contributed by atoms with Gasteiger partial charge < -0.3 is 15.5 Å². The lowest BCUT2D eigenvalue weighted by Gasteiger charge is -2.16. The van der Waals surface area contributed by atoms with Gasteiger partial charge in [0.15, 0.2) is 0 Å². The van der Waals surface area contributed by atoms with Crippen LogP contribution < -0.4 is 10.6 Å². The van der Waals surface area contributed by atoms with E-state index in [2.05, 4.69) is 10.6 Å². The first kappa shape index (κ1) is 16.7. The van der Waals surface area contributed by atoms with E-state index < -0.39 is 0 Å². The first-order valence-electron chi connectivity index (χ1n) is 8.49. The van der Waals surface area contributed by atoms with Gasteiger partial charge in [0.05, 0.1) is 10.6 Å². The van der Waals surface area contributed by atoms with Crippen LogP contribution in [0.15, 0.2) is 41.4 Å². The van der Waals surface area contributed by atoms with Gasteiger partial charge in [0.25, 0.3) is 11.8 Å². The summed E-state index contributed by atoms with van der Waals surface area (Å²) in [5.74, 6) is -0.276. The maximum Gasteiger partial charge on any atom is 0.273 e. The zero-order valence-corrected chi connectivity index (χ0v) is 14.8. The van der Waals surface area contributed by atoms with Gasteiger partial charge in [-0.1, -0.05) is 0 Å². The second-order valence-corrected chi connectivity index (χ2v) is 7.23. The fraction of sp³-hybridized carbons (Fsp3) is 0.278. The van der Waals surface area contributed by atoms with Gasteiger partial charge in [0.2, 0.25) is 5.91 Å². The molecule has 0 atom stereocenters. The second-order valence-electron chi connectivity index (χ2n) is 6.22. The highest BCUT2D eigenvalue weighted by atomic mass is 32.2. The van der Waals surface area contributed by atoms with Crippen molar-refractivity contribution in [2.75, 3.05) is 25.0 Å². The second kappa shape index (κ2) is 6.87. The Morgan fingerprint density at radius 3 is 2.96 bits per heavy atom. The van der Waals surface area contributed by atoms with Crippen LogP contribution in [0.2, 0.25) is 0 Å². The molecule has 0 bridgehead atoms. The number of hydrogen-bond acceptors (Lipinski definition) is 4. The van der Waals surface area contributed by atoms with Crippen molar-refractivity contribution in [2.45, 2.75) is 17.7 Å². The van der Waals surface area contributed by atoms with Crippen molar-refractivity contribution in [1.82, 2.24) is 14.2 Å². The quantitative estimate of drug-likeness (QED) is 0.862. The summed E-state index contributed by atoms with van der Waals surface area (Å²) in [6, 6.07) is 8.82. The Bertz CT molecular complexity index is 892. The molecule has 4 rings (SSSR count). The van der Waals surface area contributed by atoms with E-state index in [0.717, 1.165) is 17.9 Å². The molecule has 2 N–H and O–H groups in total. The van der Waals surface area contributed by atoms with Crippen LogP contribution in [0.3, 0.4) is 0 Å². The molecular formula is C18H18N4O3S. The number of nitrogens with zero attached hydrogens (tertiary/aromatic N) is 2. The lowest BCUT2D eigenvalue weighted by Crippen LogP contribution is -2.35. The van der Waals surface area contributed by atoms with Gasteiger partial charge in [-0.3, -0.25) is 18.4 Å². The number of anilines is 1. The smallest absolute Gasteiger partial charge is 0.273 e. The molecule has 26 heavy (non-hydrogen) atoms. The molecule has 3 amide bonds. The van der Waals surface area contributed by atoms with E-state index in [4.69, 9.17) is 0 Å². The topological polar surface area (TPSA) is 83.4 Å². The first-order valence-corrected chi connectivity index (χ1v) is 9.26. The molecule has 1 aromatic carbocycles. The molecule has 0 unspecified atom stereocenters. The van der Waals surface area contributed by atoms with Gasteiger partial charge in [-0.25, -0.2) is 0 Å². The van der Waals surface area contributed by atoms with Crippen molar-refractivity contribution in [3.8, 4) is 0 Å². The summed E-state index contributed by atoms with van der Waals surface area (Å²) >= 11 is 1.43. The lowest BCUT2D eigenvalue weighted by molar-refractivity contribution is -0.127. The van der Waals surface area contributed by atoms with Gasteiger partial charge in [-0.15, -0.1) is 0 Å². The standard InChI is InChI=1S/C18H18N4O3S/c23-16-4-2-8-21(16)10-7-19-17(24)12-5-6-15-13(11-12)20-18(25)14-3-1-9-22(14)26-15/h1,3,5-6,9,11H,2,4,7-8,10H2,(H,19,24)(H,20,25). The Labute approximate surface area is 154 Å². The summed E-state index contributed by atoms with van der Waals surface area (Å²) in [5, 5.41) is 5.69. The van der Waals surface area contributed by atoms with Crippen LogP contribution in [0.5, 0.6) is 0 Å². The molecule has 1 saturated heterocycles. The Kier molecular flexibility index (Phi) is 4.42. The molecule has 2 aromatic rings. The zero-order valence-electron chi connectivity index (χ0n) is 14.0. The Morgan fingerprint density at radius 2 is 2.15 bits per heavy atom. The molecule has 2 aliphatic rings. The molecule has 134 valence electrons. The van der Waals surface area contributed by atoms with Crippen molar-refractivity contribution in [1.29, 1.82) is 0 Å². The van der Waals surface area contributed by atoms with Crippen molar-refractivity contribution < 1.29 is 14.4 Å². The molecule has 2 aliphatic heterocycles. The number of likely N-dealkylation sites (tertiary alicyclic amines) is 1. The minimum Gasteiger partial charge on any atom is -0.350 e. The molecule has 7 nitrogen and oxygen atoms in total. The number of amides is 3. The summed E-state index contributed by atoms with van der Waals surface area (Å²) in [5.41, 5.74) is 1.66. The van der Waals surface area contributed by atoms with Crippen LogP contribution in [-0.2, 0) is 4.79 Å². The van der Waals surface area contributed by atoms with Gasteiger partial charge in [0, 0.05) is 37.8 Å². The maximum atomic E-state index is 12.4. The third-order valence-electron chi connectivity index (χ3n) is 4.47. The minimum absolute atomic E-state index is 0.146. The van der Waals surface area contributed by atoms with Crippen LogP contribution in [0.25, 0.3) is 0 Å². The van der Waals surface area contributed by atoms with E-state index in [1.54, 1.807) is 27.1 Å². The highest BCUT2D eigenvalue weighted by Crippen LogP contribution is 2.33. The molecule has 1 aromatic heterocycles. The van der Waals surface area contributed by atoms with Gasteiger partial charge >= 0.3 is 0 Å². The summed E-state index contributed by atoms with van der Waals surface area (Å²) in [6.07, 6.45) is 3.31. The molecule has 8 heteroatoms. The van der Waals surface area contributed by atoms with E-state index in [1.807, 2.05) is 18.3 Å². The van der Waals surface area contributed by atoms with Gasteiger partial charge in [-0.05, 0) is 48.7 Å². The predicted octanol–water partition coefficient (Wildman–Crippen LogP) is 1.96. The van der Waals surface area contributed by atoms with Crippen LogP contribution >= 0.6 is 11.9 Å². The summed E-state index contributed by atoms with van der Waals surface area (Å²) < 4.78 is 1.80. The third kappa shape index (κ3) is 3.20. The third-order valence-corrected chi connectivity index (χ3v) is 5.54. The number of carbonyl (C=O) groups is 3. The molecule has 3 heterocycles. The Hall–Kier alpha value is -2.74. The average molecular weight is 370 g/mol. The molecule has 0 aliphatic carbocycles. The predicted molar refractivity (Wildman–Crippen MR) is 98.2 cm³/mol.